The lowest BCUT2D eigenvalue weighted by atomic mass is 9.52. The lowest BCUT2D eigenvalue weighted by Gasteiger charge is -2.57. The zero-order valence-electron chi connectivity index (χ0n) is 21.0. The van der Waals surface area contributed by atoms with E-state index in [1.165, 1.54) is 35.7 Å². The molecule has 2 aromatic rings. The fourth-order valence-electron chi connectivity index (χ4n) is 7.73. The highest BCUT2D eigenvalue weighted by atomic mass is 32.2. The van der Waals surface area contributed by atoms with Gasteiger partial charge in [0, 0.05) is 33.9 Å². The summed E-state index contributed by atoms with van der Waals surface area (Å²) < 4.78 is 6.57. The van der Waals surface area contributed by atoms with Crippen LogP contribution in [0.1, 0.15) is 64.7 Å². The van der Waals surface area contributed by atoms with E-state index in [9.17, 15) is 14.7 Å². The molecule has 2 aliphatic carbocycles. The molecule has 1 amide bonds. The van der Waals surface area contributed by atoms with E-state index in [4.69, 9.17) is 4.74 Å². The number of carbonyl (C=O) groups is 2. The number of rotatable bonds is 4. The molecule has 2 aromatic carbocycles. The molecule has 37 heavy (non-hydrogen) atoms. The number of hydrogen-bond donors (Lipinski definition) is 2. The zero-order valence-corrected chi connectivity index (χ0v) is 21.9. The van der Waals surface area contributed by atoms with Crippen LogP contribution in [0.4, 0.5) is 0 Å². The highest BCUT2D eigenvalue weighted by Gasteiger charge is 2.63. The highest BCUT2D eigenvalue weighted by Crippen LogP contribution is 2.64. The lowest BCUT2D eigenvalue weighted by Crippen LogP contribution is -2.63. The minimum absolute atomic E-state index is 0.0368. The molecule has 7 heteroatoms. The van der Waals surface area contributed by atoms with Crippen molar-refractivity contribution < 1.29 is 19.4 Å². The fourth-order valence-corrected chi connectivity index (χ4v) is 8.66. The molecule has 3 fully saturated rings. The summed E-state index contributed by atoms with van der Waals surface area (Å²) in [5, 5.41) is 14.2. The number of likely N-dealkylation sites (N-methyl/N-ethyl adjacent to an activating group) is 1. The Morgan fingerprint density at radius 2 is 2.05 bits per heavy atom. The van der Waals surface area contributed by atoms with E-state index < -0.39 is 0 Å². The minimum Gasteiger partial charge on any atom is -0.504 e. The van der Waals surface area contributed by atoms with Gasteiger partial charge in [-0.1, -0.05) is 36.0 Å². The van der Waals surface area contributed by atoms with E-state index in [-0.39, 0.29) is 34.3 Å². The fraction of sp³-hybridized carbons (Fsp3) is 0.467. The Bertz CT molecular complexity index is 1320. The summed E-state index contributed by atoms with van der Waals surface area (Å²) in [7, 11) is 2.26. The molecule has 2 unspecified atom stereocenters. The normalized spacial score (nSPS) is 31.9. The number of nitrogens with zero attached hydrogens (tertiary/aromatic N) is 1. The average Bonchev–Trinajstić information content (AvgIpc) is 3.47. The van der Waals surface area contributed by atoms with Crippen LogP contribution in [0, 0.1) is 5.92 Å². The zero-order chi connectivity index (χ0) is 25.3. The summed E-state index contributed by atoms with van der Waals surface area (Å²) in [6.07, 6.45) is 10.4. The van der Waals surface area contributed by atoms with Gasteiger partial charge in [-0.25, -0.2) is 0 Å². The summed E-state index contributed by atoms with van der Waals surface area (Å²) in [5.74, 6) is 2.13. The molecule has 5 aliphatic rings. The molecule has 0 aromatic heterocycles. The Kier molecular flexibility index (Phi) is 5.45. The Labute approximate surface area is 221 Å². The van der Waals surface area contributed by atoms with Crippen LogP contribution in [-0.4, -0.2) is 58.6 Å². The number of thioether (sulfide) groups is 1. The average molecular weight is 517 g/mol. The number of ether oxygens (including phenoxy) is 1. The number of hydrogen-bond acceptors (Lipinski definition) is 6. The van der Waals surface area contributed by atoms with Gasteiger partial charge in [-0.05, 0) is 87.4 Å². The van der Waals surface area contributed by atoms with Crippen LogP contribution in [0.3, 0.4) is 0 Å². The van der Waals surface area contributed by atoms with Crippen LogP contribution in [0.15, 0.2) is 30.3 Å². The number of aromatic hydroxyl groups is 1. The van der Waals surface area contributed by atoms with Crippen molar-refractivity contribution >= 4 is 34.9 Å². The molecule has 2 bridgehead atoms. The molecule has 0 radical (unpaired) electrons. The van der Waals surface area contributed by atoms with Crippen molar-refractivity contribution in [2.45, 2.75) is 62.1 Å². The van der Waals surface area contributed by atoms with Crippen molar-refractivity contribution in [1.82, 2.24) is 10.2 Å². The van der Waals surface area contributed by atoms with Gasteiger partial charge in [0.05, 0.1) is 6.04 Å². The molecule has 192 valence electrons. The van der Waals surface area contributed by atoms with Gasteiger partial charge in [-0.3, -0.25) is 9.59 Å². The summed E-state index contributed by atoms with van der Waals surface area (Å²) in [4.78, 5) is 26.9. The van der Waals surface area contributed by atoms with Crippen LogP contribution in [-0.2, 0) is 16.6 Å². The number of nitrogens with one attached hydrogen (secondary N) is 1. The van der Waals surface area contributed by atoms with Crippen LogP contribution >= 0.6 is 11.8 Å². The monoisotopic (exact) mass is 516 g/mol. The maximum absolute atomic E-state index is 12.5. The quantitative estimate of drug-likeness (QED) is 0.587. The predicted molar refractivity (Wildman–Crippen MR) is 145 cm³/mol. The van der Waals surface area contributed by atoms with Crippen molar-refractivity contribution in [3.8, 4) is 11.5 Å². The van der Waals surface area contributed by atoms with Crippen LogP contribution in [0.2, 0.25) is 0 Å². The number of carbonyl (C=O) groups excluding carboxylic acids is 2. The maximum Gasteiger partial charge on any atom is 0.251 e. The highest BCUT2D eigenvalue weighted by molar-refractivity contribution is 8.14. The van der Waals surface area contributed by atoms with Gasteiger partial charge in [0.25, 0.3) is 5.91 Å². The maximum atomic E-state index is 12.5. The van der Waals surface area contributed by atoms with Gasteiger partial charge in [-0.15, -0.1) is 0 Å². The molecular formula is C30H32N2O4S. The molecule has 3 aliphatic heterocycles. The topological polar surface area (TPSA) is 78.9 Å². The molecule has 5 atom stereocenters. The van der Waals surface area contributed by atoms with Crippen molar-refractivity contribution in [2.75, 3.05) is 19.3 Å². The second kappa shape index (κ2) is 8.63. The summed E-state index contributed by atoms with van der Waals surface area (Å²) >= 11 is 1.28. The van der Waals surface area contributed by atoms with E-state index in [1.54, 1.807) is 12.1 Å². The molecule has 3 heterocycles. The van der Waals surface area contributed by atoms with Crippen molar-refractivity contribution in [2.24, 2.45) is 5.92 Å². The molecule has 1 spiro atoms. The first kappa shape index (κ1) is 23.4. The van der Waals surface area contributed by atoms with Gasteiger partial charge < -0.3 is 20.1 Å². The Hall–Kier alpha value is -2.77. The van der Waals surface area contributed by atoms with Crippen molar-refractivity contribution in [3.63, 3.8) is 0 Å². The summed E-state index contributed by atoms with van der Waals surface area (Å²) in [5.41, 5.74) is 4.94. The second-order valence-corrected chi connectivity index (χ2v) is 12.4. The minimum atomic E-state index is -0.388. The Morgan fingerprint density at radius 1 is 1.22 bits per heavy atom. The van der Waals surface area contributed by atoms with Gasteiger partial charge >= 0.3 is 0 Å². The number of amides is 1. The number of piperidine rings is 1. The Morgan fingerprint density at radius 3 is 2.84 bits per heavy atom. The third-order valence-corrected chi connectivity index (χ3v) is 10.5. The molecule has 6 nitrogen and oxygen atoms in total. The molecule has 1 saturated carbocycles. The third-order valence-electron chi connectivity index (χ3n) is 9.52. The van der Waals surface area contributed by atoms with Crippen LogP contribution in [0.25, 0.3) is 12.2 Å². The first-order valence-electron chi connectivity index (χ1n) is 13.5. The first-order valence-corrected chi connectivity index (χ1v) is 14.5. The van der Waals surface area contributed by atoms with E-state index in [0.717, 1.165) is 48.4 Å². The summed E-state index contributed by atoms with van der Waals surface area (Å²) in [6, 6.07) is 9.65. The number of phenolic OH excluding ortho intramolecular Hbond substituents is 1. The van der Waals surface area contributed by atoms with Crippen LogP contribution < -0.4 is 10.1 Å². The van der Waals surface area contributed by atoms with E-state index >= 15 is 0 Å². The van der Waals surface area contributed by atoms with Gasteiger partial charge in [-0.2, -0.15) is 0 Å². The van der Waals surface area contributed by atoms with Crippen molar-refractivity contribution in [3.05, 3.63) is 58.1 Å². The molecular weight excluding hydrogens is 484 g/mol. The largest absolute Gasteiger partial charge is 0.504 e. The lowest BCUT2D eigenvalue weighted by molar-refractivity contribution is -0.112. The smallest absolute Gasteiger partial charge is 0.251 e. The van der Waals surface area contributed by atoms with E-state index in [0.29, 0.717) is 23.9 Å². The number of benzene rings is 2. The van der Waals surface area contributed by atoms with Gasteiger partial charge in [0.15, 0.2) is 11.5 Å². The van der Waals surface area contributed by atoms with Gasteiger partial charge in [0.2, 0.25) is 5.12 Å². The Balaban J connectivity index is 1.16. The molecule has 7 rings (SSSR count). The van der Waals surface area contributed by atoms with E-state index in [1.807, 2.05) is 24.3 Å². The van der Waals surface area contributed by atoms with E-state index in [2.05, 4.69) is 23.3 Å². The molecule has 2 saturated heterocycles. The van der Waals surface area contributed by atoms with Crippen LogP contribution in [0.5, 0.6) is 11.5 Å². The number of phenols is 1. The van der Waals surface area contributed by atoms with Gasteiger partial charge in [0.1, 0.15) is 6.10 Å². The first-order chi connectivity index (χ1) is 18.0. The summed E-state index contributed by atoms with van der Waals surface area (Å²) in [6.45, 7) is 1.09. The number of likely N-dealkylation sites (tertiary alicyclic amines) is 1. The second-order valence-electron chi connectivity index (χ2n) is 11.3. The SMILES string of the molecule is CN1CC[C@]23c4c5cc(/C=C/c6ccc(C(=O)NC7CCSC7=O)cc6)c(O)c4O[C@H]2CCCC3[C@H]1C5. The standard InChI is InChI=1S/C30H32N2O4S/c1-32-13-12-30-21-3-2-4-24(30)36-27-25(30)20(16-23(21)32)15-19(26(27)33)10-7-17-5-8-18(9-6-17)28(34)31-22-11-14-37-29(22)35/h5-10,15,21-24,33H,2-4,11-14,16H2,1H3,(H,31,34)/b10-7+/t21?,22?,23-,24+,30-/m1/s1. The molecule has 2 N–H and O–H groups in total. The van der Waals surface area contributed by atoms with Crippen molar-refractivity contribution in [1.29, 1.82) is 0 Å². The predicted octanol–water partition coefficient (Wildman–Crippen LogP) is 4.38. The third kappa shape index (κ3) is 3.50.